The van der Waals surface area contributed by atoms with Gasteiger partial charge in [-0.25, -0.2) is 13.4 Å². The van der Waals surface area contributed by atoms with Crippen LogP contribution in [0.1, 0.15) is 32.4 Å². The highest BCUT2D eigenvalue weighted by Gasteiger charge is 2.24. The van der Waals surface area contributed by atoms with Crippen LogP contribution >= 0.6 is 11.3 Å². The standard InChI is InChI=1S/C19H24N4O4S2/c1-3-22(4-2)29(26,27)16-9-7-14(8-10-16)20-17(24)12-15-13-28-19(21-15)23-11-5-6-18(23)25/h7-10,13H,3-6,11-12H2,1-2H3,(H,20,24). The molecule has 0 unspecified atom stereocenters. The Morgan fingerprint density at radius 2 is 1.93 bits per heavy atom. The quantitative estimate of drug-likeness (QED) is 0.685. The van der Waals surface area contributed by atoms with Gasteiger partial charge in [-0.15, -0.1) is 11.3 Å². The Labute approximate surface area is 174 Å². The number of carbonyl (C=O) groups is 2. The molecule has 1 aliphatic rings. The van der Waals surface area contributed by atoms with Crippen molar-refractivity contribution >= 4 is 44.0 Å². The third-order valence-electron chi connectivity index (χ3n) is 4.67. The van der Waals surface area contributed by atoms with Crippen LogP contribution in [-0.2, 0) is 26.0 Å². The fraction of sp³-hybridized carbons (Fsp3) is 0.421. The molecule has 0 saturated carbocycles. The summed E-state index contributed by atoms with van der Waals surface area (Å²) < 4.78 is 26.4. The average molecular weight is 437 g/mol. The van der Waals surface area contributed by atoms with Gasteiger partial charge in [0, 0.05) is 37.1 Å². The third-order valence-corrected chi connectivity index (χ3v) is 7.64. The summed E-state index contributed by atoms with van der Waals surface area (Å²) in [5.74, 6) is -0.191. The summed E-state index contributed by atoms with van der Waals surface area (Å²) in [5, 5.41) is 5.15. The van der Waals surface area contributed by atoms with Crippen molar-refractivity contribution in [1.82, 2.24) is 9.29 Å². The van der Waals surface area contributed by atoms with Crippen molar-refractivity contribution in [3.63, 3.8) is 0 Å². The minimum atomic E-state index is -3.53. The van der Waals surface area contributed by atoms with E-state index in [-0.39, 0.29) is 23.1 Å². The molecule has 29 heavy (non-hydrogen) atoms. The van der Waals surface area contributed by atoms with E-state index in [1.54, 1.807) is 36.3 Å². The number of rotatable bonds is 8. The number of nitrogens with one attached hydrogen (secondary N) is 1. The SMILES string of the molecule is CCN(CC)S(=O)(=O)c1ccc(NC(=O)Cc2csc(N3CCCC3=O)n2)cc1. The molecule has 0 bridgehead atoms. The van der Waals surface area contributed by atoms with Crippen molar-refractivity contribution in [3.05, 3.63) is 35.3 Å². The normalized spacial score (nSPS) is 14.6. The fourth-order valence-electron chi connectivity index (χ4n) is 3.14. The molecule has 1 aliphatic heterocycles. The summed E-state index contributed by atoms with van der Waals surface area (Å²) in [6.07, 6.45) is 1.45. The molecule has 3 rings (SSSR count). The molecule has 0 spiro atoms. The Hall–Kier alpha value is -2.30. The maximum atomic E-state index is 12.5. The van der Waals surface area contributed by atoms with Crippen LogP contribution in [0.4, 0.5) is 10.8 Å². The lowest BCUT2D eigenvalue weighted by molar-refractivity contribution is -0.117. The highest BCUT2D eigenvalue weighted by Crippen LogP contribution is 2.25. The van der Waals surface area contributed by atoms with Gasteiger partial charge in [-0.2, -0.15) is 4.31 Å². The maximum absolute atomic E-state index is 12.5. The zero-order valence-corrected chi connectivity index (χ0v) is 18.1. The van der Waals surface area contributed by atoms with E-state index >= 15 is 0 Å². The average Bonchev–Trinajstić information content (AvgIpc) is 3.31. The molecule has 1 fully saturated rings. The Morgan fingerprint density at radius 3 is 2.52 bits per heavy atom. The van der Waals surface area contributed by atoms with Crippen molar-refractivity contribution in [2.75, 3.05) is 29.9 Å². The number of carbonyl (C=O) groups excluding carboxylic acids is 2. The lowest BCUT2D eigenvalue weighted by atomic mass is 10.3. The molecule has 1 saturated heterocycles. The molecular weight excluding hydrogens is 412 g/mol. The van der Waals surface area contributed by atoms with Gasteiger partial charge in [-0.3, -0.25) is 14.5 Å². The Kier molecular flexibility index (Phi) is 6.66. The number of hydrogen-bond acceptors (Lipinski definition) is 6. The number of nitrogens with zero attached hydrogens (tertiary/aromatic N) is 3. The van der Waals surface area contributed by atoms with Gasteiger partial charge in [0.05, 0.1) is 17.0 Å². The second-order valence-corrected chi connectivity index (χ2v) is 9.38. The minimum absolute atomic E-state index is 0.0649. The van der Waals surface area contributed by atoms with Gasteiger partial charge < -0.3 is 5.32 Å². The fourth-order valence-corrected chi connectivity index (χ4v) is 5.47. The molecule has 0 atom stereocenters. The number of sulfonamides is 1. The molecule has 2 aromatic rings. The van der Waals surface area contributed by atoms with Crippen LogP contribution in [0.25, 0.3) is 0 Å². The summed E-state index contributed by atoms with van der Waals surface area (Å²) in [6, 6.07) is 6.12. The molecule has 8 nitrogen and oxygen atoms in total. The zero-order valence-electron chi connectivity index (χ0n) is 16.4. The molecule has 0 radical (unpaired) electrons. The molecule has 1 aromatic heterocycles. The van der Waals surface area contributed by atoms with Crippen molar-refractivity contribution in [2.45, 2.75) is 38.0 Å². The monoisotopic (exact) mass is 436 g/mol. The van der Waals surface area contributed by atoms with E-state index in [1.165, 1.54) is 27.8 Å². The van der Waals surface area contributed by atoms with Crippen LogP contribution in [0.2, 0.25) is 0 Å². The summed E-state index contributed by atoms with van der Waals surface area (Å²) in [7, 11) is -3.53. The van der Waals surface area contributed by atoms with Crippen LogP contribution in [-0.4, -0.2) is 49.2 Å². The molecular formula is C19H24N4O4S2. The zero-order chi connectivity index (χ0) is 21.0. The van der Waals surface area contributed by atoms with Gasteiger partial charge in [-0.1, -0.05) is 13.8 Å². The number of amides is 2. The first-order valence-corrected chi connectivity index (χ1v) is 11.8. The second-order valence-electron chi connectivity index (χ2n) is 6.61. The number of anilines is 2. The van der Waals surface area contributed by atoms with E-state index in [4.69, 9.17) is 0 Å². The van der Waals surface area contributed by atoms with E-state index in [0.717, 1.165) is 6.42 Å². The summed E-state index contributed by atoms with van der Waals surface area (Å²) in [5.41, 5.74) is 1.11. The lowest BCUT2D eigenvalue weighted by Crippen LogP contribution is -2.30. The molecule has 156 valence electrons. The van der Waals surface area contributed by atoms with Crippen molar-refractivity contribution in [3.8, 4) is 0 Å². The van der Waals surface area contributed by atoms with E-state index in [9.17, 15) is 18.0 Å². The molecule has 2 heterocycles. The molecule has 2 amide bonds. The van der Waals surface area contributed by atoms with Crippen LogP contribution in [0.5, 0.6) is 0 Å². The Morgan fingerprint density at radius 1 is 1.24 bits per heavy atom. The Balaban J connectivity index is 1.61. The number of aromatic nitrogens is 1. The number of thiazole rings is 1. The van der Waals surface area contributed by atoms with E-state index in [0.29, 0.717) is 42.6 Å². The van der Waals surface area contributed by atoms with Gasteiger partial charge in [0.15, 0.2) is 5.13 Å². The first-order valence-electron chi connectivity index (χ1n) is 9.50. The van der Waals surface area contributed by atoms with Gasteiger partial charge in [-0.05, 0) is 30.7 Å². The second kappa shape index (κ2) is 9.02. The lowest BCUT2D eigenvalue weighted by Gasteiger charge is -2.18. The van der Waals surface area contributed by atoms with Crippen LogP contribution < -0.4 is 10.2 Å². The van der Waals surface area contributed by atoms with E-state index in [1.807, 2.05) is 0 Å². The maximum Gasteiger partial charge on any atom is 0.243 e. The van der Waals surface area contributed by atoms with Crippen LogP contribution in [0, 0.1) is 0 Å². The van der Waals surface area contributed by atoms with Crippen molar-refractivity contribution in [1.29, 1.82) is 0 Å². The van der Waals surface area contributed by atoms with Crippen LogP contribution in [0.15, 0.2) is 34.5 Å². The largest absolute Gasteiger partial charge is 0.326 e. The first-order chi connectivity index (χ1) is 13.8. The van der Waals surface area contributed by atoms with E-state index < -0.39 is 10.0 Å². The van der Waals surface area contributed by atoms with Crippen LogP contribution in [0.3, 0.4) is 0 Å². The summed E-state index contributed by atoms with van der Waals surface area (Å²) >= 11 is 1.35. The topological polar surface area (TPSA) is 99.7 Å². The van der Waals surface area contributed by atoms with Gasteiger partial charge in [0.25, 0.3) is 0 Å². The van der Waals surface area contributed by atoms with Gasteiger partial charge in [0.2, 0.25) is 21.8 Å². The van der Waals surface area contributed by atoms with Crippen molar-refractivity contribution in [2.24, 2.45) is 0 Å². The third kappa shape index (κ3) is 4.82. The van der Waals surface area contributed by atoms with Gasteiger partial charge >= 0.3 is 0 Å². The summed E-state index contributed by atoms with van der Waals surface area (Å²) in [4.78, 5) is 30.3. The smallest absolute Gasteiger partial charge is 0.243 e. The van der Waals surface area contributed by atoms with Crippen molar-refractivity contribution < 1.29 is 18.0 Å². The predicted molar refractivity (Wildman–Crippen MR) is 113 cm³/mol. The molecule has 10 heteroatoms. The molecule has 1 aromatic carbocycles. The molecule has 0 aliphatic carbocycles. The highest BCUT2D eigenvalue weighted by atomic mass is 32.2. The molecule has 1 N–H and O–H groups in total. The minimum Gasteiger partial charge on any atom is -0.326 e. The number of hydrogen-bond donors (Lipinski definition) is 1. The highest BCUT2D eigenvalue weighted by molar-refractivity contribution is 7.89. The van der Waals surface area contributed by atoms with E-state index in [2.05, 4.69) is 10.3 Å². The predicted octanol–water partition coefficient (Wildman–Crippen LogP) is 2.48. The number of benzene rings is 1. The first kappa shape index (κ1) is 21.4. The Bertz CT molecular complexity index is 982. The van der Waals surface area contributed by atoms with Gasteiger partial charge in [0.1, 0.15) is 0 Å². The summed E-state index contributed by atoms with van der Waals surface area (Å²) in [6.45, 7) is 5.05.